The van der Waals surface area contributed by atoms with E-state index in [0.717, 1.165) is 12.8 Å². The molecule has 0 atom stereocenters. The number of esters is 1. The molecule has 0 aromatic heterocycles. The summed E-state index contributed by atoms with van der Waals surface area (Å²) in [5.74, 6) is -0.370. The van der Waals surface area contributed by atoms with Crippen LogP contribution in [0.3, 0.4) is 0 Å². The van der Waals surface area contributed by atoms with Crippen molar-refractivity contribution < 1.29 is 19.1 Å². The van der Waals surface area contributed by atoms with Crippen LogP contribution in [0, 0.1) is 0 Å². The van der Waals surface area contributed by atoms with Crippen molar-refractivity contribution in [3.05, 3.63) is 11.3 Å². The van der Waals surface area contributed by atoms with Crippen LogP contribution in [-0.2, 0) is 14.3 Å². The van der Waals surface area contributed by atoms with E-state index in [9.17, 15) is 9.59 Å². The number of rotatable bonds is 10. The zero-order chi connectivity index (χ0) is 18.6. The van der Waals surface area contributed by atoms with Gasteiger partial charge >= 0.3 is 12.1 Å². The molecule has 5 heteroatoms. The number of carbonyl (C=O) groups excluding carboxylic acids is 2. The number of hydrogen-bond acceptors (Lipinski definition) is 4. The fourth-order valence-electron chi connectivity index (χ4n) is 2.26. The van der Waals surface area contributed by atoms with Crippen molar-refractivity contribution in [2.45, 2.75) is 92.1 Å². The van der Waals surface area contributed by atoms with Crippen LogP contribution in [0.2, 0.25) is 0 Å². The fraction of sp³-hybridized carbons (Fsp3) is 0.789. The molecular formula is C19H35NO4. The van der Waals surface area contributed by atoms with Crippen LogP contribution in [0.1, 0.15) is 86.5 Å². The van der Waals surface area contributed by atoms with Crippen LogP contribution in [0.5, 0.6) is 0 Å². The highest BCUT2D eigenvalue weighted by Crippen LogP contribution is 2.19. The molecule has 0 aliphatic rings. The van der Waals surface area contributed by atoms with Crippen molar-refractivity contribution >= 4 is 12.1 Å². The third-order valence-corrected chi connectivity index (χ3v) is 3.44. The number of ether oxygens (including phenoxy) is 2. The highest BCUT2D eigenvalue weighted by Gasteiger charge is 2.22. The lowest BCUT2D eigenvalue weighted by Gasteiger charge is -2.22. The molecule has 140 valence electrons. The number of carbonyl (C=O) groups is 2. The first-order valence-corrected chi connectivity index (χ1v) is 9.08. The van der Waals surface area contributed by atoms with Gasteiger partial charge in [-0.3, -0.25) is 5.32 Å². The molecule has 0 bridgehead atoms. The van der Waals surface area contributed by atoms with E-state index in [4.69, 9.17) is 9.47 Å². The van der Waals surface area contributed by atoms with Gasteiger partial charge in [0.25, 0.3) is 0 Å². The van der Waals surface area contributed by atoms with Crippen molar-refractivity contribution in [1.29, 1.82) is 0 Å². The third kappa shape index (κ3) is 11.1. The van der Waals surface area contributed by atoms with Crippen LogP contribution < -0.4 is 5.32 Å². The molecule has 0 rings (SSSR count). The zero-order valence-corrected chi connectivity index (χ0v) is 16.3. The van der Waals surface area contributed by atoms with Gasteiger partial charge in [0.15, 0.2) is 0 Å². The molecule has 0 aromatic rings. The summed E-state index contributed by atoms with van der Waals surface area (Å²) in [7, 11) is 0. The van der Waals surface area contributed by atoms with Gasteiger partial charge in [0.2, 0.25) is 0 Å². The van der Waals surface area contributed by atoms with Crippen molar-refractivity contribution in [3.63, 3.8) is 0 Å². The summed E-state index contributed by atoms with van der Waals surface area (Å²) in [6.07, 6.45) is 6.88. The number of hydrogen-bond donors (Lipinski definition) is 1. The largest absolute Gasteiger partial charge is 0.457 e. The Balaban J connectivity index is 4.81. The molecule has 0 fully saturated rings. The number of amides is 1. The summed E-state index contributed by atoms with van der Waals surface area (Å²) >= 11 is 0. The summed E-state index contributed by atoms with van der Waals surface area (Å²) in [5, 5.41) is 2.63. The summed E-state index contributed by atoms with van der Waals surface area (Å²) in [5.41, 5.74) is 0.470. The predicted octanol–water partition coefficient (Wildman–Crippen LogP) is 5.10. The molecular weight excluding hydrogens is 306 g/mol. The lowest BCUT2D eigenvalue weighted by atomic mass is 10.0. The first kappa shape index (κ1) is 22.5. The average molecular weight is 341 g/mol. The predicted molar refractivity (Wildman–Crippen MR) is 96.7 cm³/mol. The summed E-state index contributed by atoms with van der Waals surface area (Å²) in [4.78, 5) is 24.0. The maximum Gasteiger partial charge on any atom is 0.411 e. The van der Waals surface area contributed by atoms with Crippen LogP contribution in [0.25, 0.3) is 0 Å². The van der Waals surface area contributed by atoms with Gasteiger partial charge in [-0.1, -0.05) is 39.0 Å². The molecule has 1 amide bonds. The van der Waals surface area contributed by atoms with Crippen LogP contribution >= 0.6 is 0 Å². The molecule has 1 N–H and O–H groups in total. The number of unbranched alkanes of at least 4 members (excludes halogenated alkanes) is 5. The van der Waals surface area contributed by atoms with E-state index >= 15 is 0 Å². The molecule has 0 radical (unpaired) electrons. The van der Waals surface area contributed by atoms with Gasteiger partial charge in [0.1, 0.15) is 5.60 Å². The van der Waals surface area contributed by atoms with Crippen molar-refractivity contribution in [1.82, 2.24) is 5.32 Å². The highest BCUT2D eigenvalue weighted by molar-refractivity contribution is 5.90. The second kappa shape index (κ2) is 11.9. The normalized spacial score (nSPS) is 12.4. The topological polar surface area (TPSA) is 64.6 Å². The summed E-state index contributed by atoms with van der Waals surface area (Å²) in [6, 6.07) is 0. The van der Waals surface area contributed by atoms with E-state index in [1.807, 2.05) is 20.8 Å². The first-order chi connectivity index (χ1) is 11.2. The Hall–Kier alpha value is -1.52. The number of nitrogens with one attached hydrogen (secondary N) is 1. The second-order valence-electron chi connectivity index (χ2n) is 6.97. The third-order valence-electron chi connectivity index (χ3n) is 3.44. The molecule has 0 saturated carbocycles. The lowest BCUT2D eigenvalue weighted by molar-refractivity contribution is -0.150. The molecule has 0 heterocycles. The Bertz CT molecular complexity index is 422. The van der Waals surface area contributed by atoms with Crippen molar-refractivity contribution in [2.24, 2.45) is 0 Å². The quantitative estimate of drug-likeness (QED) is 0.341. The Morgan fingerprint density at radius 3 is 2.08 bits per heavy atom. The molecule has 0 aliphatic heterocycles. The first-order valence-electron chi connectivity index (χ1n) is 9.08. The van der Waals surface area contributed by atoms with Gasteiger partial charge in [0, 0.05) is 5.70 Å². The Labute approximate surface area is 147 Å². The van der Waals surface area contributed by atoms with Crippen LogP contribution in [-0.4, -0.2) is 24.3 Å². The molecule has 24 heavy (non-hydrogen) atoms. The van der Waals surface area contributed by atoms with Crippen LogP contribution in [0.4, 0.5) is 4.79 Å². The van der Waals surface area contributed by atoms with Crippen molar-refractivity contribution in [2.75, 3.05) is 6.61 Å². The van der Waals surface area contributed by atoms with Gasteiger partial charge in [-0.05, 0) is 47.5 Å². The Morgan fingerprint density at radius 2 is 1.54 bits per heavy atom. The molecule has 0 aromatic carbocycles. The summed E-state index contributed by atoms with van der Waals surface area (Å²) in [6.45, 7) is 11.4. The maximum absolute atomic E-state index is 12.4. The van der Waals surface area contributed by atoms with Gasteiger partial charge < -0.3 is 9.47 Å². The van der Waals surface area contributed by atoms with E-state index in [1.54, 1.807) is 13.8 Å². The SMILES string of the molecule is CCCCCCCC/C(C(=O)OC(C)(C)C)=C(\C)NC(=O)OCC. The van der Waals surface area contributed by atoms with Crippen LogP contribution in [0.15, 0.2) is 11.3 Å². The maximum atomic E-state index is 12.4. The zero-order valence-electron chi connectivity index (χ0n) is 16.3. The fourth-order valence-corrected chi connectivity index (χ4v) is 2.26. The smallest absolute Gasteiger partial charge is 0.411 e. The molecule has 0 unspecified atom stereocenters. The van der Waals surface area contributed by atoms with E-state index in [2.05, 4.69) is 12.2 Å². The highest BCUT2D eigenvalue weighted by atomic mass is 16.6. The van der Waals surface area contributed by atoms with Gasteiger partial charge in [-0.15, -0.1) is 0 Å². The molecule has 0 saturated heterocycles. The van der Waals surface area contributed by atoms with E-state index < -0.39 is 11.7 Å². The minimum Gasteiger partial charge on any atom is -0.457 e. The minimum absolute atomic E-state index is 0.290. The minimum atomic E-state index is -0.562. The lowest BCUT2D eigenvalue weighted by Crippen LogP contribution is -2.29. The number of allylic oxidation sites excluding steroid dienone is 1. The average Bonchev–Trinajstić information content (AvgIpc) is 2.44. The van der Waals surface area contributed by atoms with E-state index in [1.165, 1.54) is 25.7 Å². The van der Waals surface area contributed by atoms with E-state index in [0.29, 0.717) is 17.7 Å². The molecule has 5 nitrogen and oxygen atoms in total. The Kier molecular flexibility index (Phi) is 11.2. The van der Waals surface area contributed by atoms with E-state index in [-0.39, 0.29) is 12.6 Å². The molecule has 0 aliphatic carbocycles. The monoisotopic (exact) mass is 341 g/mol. The van der Waals surface area contributed by atoms with Gasteiger partial charge in [-0.25, -0.2) is 9.59 Å². The second-order valence-corrected chi connectivity index (χ2v) is 6.97. The van der Waals surface area contributed by atoms with Gasteiger partial charge in [0.05, 0.1) is 12.2 Å². The Morgan fingerprint density at radius 1 is 0.958 bits per heavy atom. The standard InChI is InChI=1S/C19H35NO4/c1-7-9-10-11-12-13-14-16(17(21)24-19(4,5)6)15(3)20-18(22)23-8-2/h7-14H2,1-6H3,(H,20,22)/b16-15-. The van der Waals surface area contributed by atoms with Gasteiger partial charge in [-0.2, -0.15) is 0 Å². The number of alkyl carbamates (subject to hydrolysis) is 1. The molecule has 0 spiro atoms. The summed E-state index contributed by atoms with van der Waals surface area (Å²) < 4.78 is 10.3. The van der Waals surface area contributed by atoms with Crippen molar-refractivity contribution in [3.8, 4) is 0 Å².